The van der Waals surface area contributed by atoms with Crippen LogP contribution in [-0.4, -0.2) is 33.5 Å². The van der Waals surface area contributed by atoms with Crippen molar-refractivity contribution in [2.45, 2.75) is 39.3 Å². The number of nitrogens with one attached hydrogen (secondary N) is 1. The van der Waals surface area contributed by atoms with Gasteiger partial charge in [0, 0.05) is 5.56 Å². The van der Waals surface area contributed by atoms with Gasteiger partial charge in [-0.15, -0.1) is 5.10 Å². The van der Waals surface area contributed by atoms with Crippen LogP contribution in [0.2, 0.25) is 0 Å². The van der Waals surface area contributed by atoms with Gasteiger partial charge in [0.2, 0.25) is 5.91 Å². The average molecular weight is 359 g/mol. The zero-order valence-corrected chi connectivity index (χ0v) is 15.4. The molecule has 0 spiro atoms. The minimum Gasteiger partial charge on any atom is -0.494 e. The van der Waals surface area contributed by atoms with E-state index in [0.29, 0.717) is 11.3 Å². The molecule has 138 valence electrons. The number of benzene rings is 1. The zero-order valence-electron chi connectivity index (χ0n) is 15.4. The minimum absolute atomic E-state index is 0.0581. The number of halogens is 1. The van der Waals surface area contributed by atoms with E-state index in [9.17, 15) is 14.4 Å². The second-order valence-corrected chi connectivity index (χ2v) is 6.57. The van der Waals surface area contributed by atoms with Gasteiger partial charge in [-0.3, -0.25) is 4.79 Å². The summed E-state index contributed by atoms with van der Waals surface area (Å²) in [6.45, 7) is 7.05. The number of carbonyl (C=O) groups excluding carboxylic acids is 1. The summed E-state index contributed by atoms with van der Waals surface area (Å²) in [5.74, 6) is -0.775. The third-order valence-corrected chi connectivity index (χ3v) is 4.50. The molecule has 0 aliphatic heterocycles. The van der Waals surface area contributed by atoms with Crippen LogP contribution in [0.3, 0.4) is 0 Å². The topological polar surface area (TPSA) is 92.8 Å². The quantitative estimate of drug-likeness (QED) is 0.856. The fourth-order valence-electron chi connectivity index (χ4n) is 2.21. The number of hydrogen-bond acceptors (Lipinski definition) is 5. The Hall–Kier alpha value is -2.95. The molecular weight excluding hydrogens is 337 g/mol. The number of rotatable bonds is 6. The first-order valence-electron chi connectivity index (χ1n) is 8.21. The van der Waals surface area contributed by atoms with E-state index in [1.54, 1.807) is 26.1 Å². The number of amides is 1. The highest BCUT2D eigenvalue weighted by atomic mass is 19.1. The molecule has 0 aliphatic carbocycles. The van der Waals surface area contributed by atoms with Crippen LogP contribution in [-0.2, 0) is 4.79 Å². The van der Waals surface area contributed by atoms with Gasteiger partial charge in [0.05, 0.1) is 19.4 Å². The molecule has 8 heteroatoms. The summed E-state index contributed by atoms with van der Waals surface area (Å²) in [6.07, 6.45) is 1.56. The predicted octanol–water partition coefficient (Wildman–Crippen LogP) is 2.71. The van der Waals surface area contributed by atoms with E-state index in [0.717, 1.165) is 0 Å². The summed E-state index contributed by atoms with van der Waals surface area (Å²) in [5.41, 5.74) is -0.0299. The number of nitrogens with zero attached hydrogens (tertiary/aromatic N) is 4. The van der Waals surface area contributed by atoms with Gasteiger partial charge >= 0.3 is 0 Å². The lowest BCUT2D eigenvalue weighted by Gasteiger charge is -2.28. The van der Waals surface area contributed by atoms with Crippen LogP contribution >= 0.6 is 0 Å². The molecule has 0 saturated carbocycles. The lowest BCUT2D eigenvalue weighted by Crippen LogP contribution is -2.50. The molecule has 2 atom stereocenters. The number of aromatic nitrogens is 3. The number of nitriles is 1. The standard InChI is InChI=1S/C18H22FN5O2/c1-11(2)18(4,10-20)21-17(25)12(3)24-9-15(22-23-24)13-6-7-16(26-5)14(19)8-13/h6-9,11-12H,1-5H3,(H,21,25). The second kappa shape index (κ2) is 7.52. The summed E-state index contributed by atoms with van der Waals surface area (Å²) in [6, 6.07) is 5.91. The monoisotopic (exact) mass is 359 g/mol. The fraction of sp³-hybridized carbons (Fsp3) is 0.444. The first kappa shape index (κ1) is 19.4. The maximum absolute atomic E-state index is 13.9. The number of methoxy groups -OCH3 is 1. The summed E-state index contributed by atoms with van der Waals surface area (Å²) in [5, 5.41) is 20.0. The van der Waals surface area contributed by atoms with Crippen LogP contribution < -0.4 is 10.1 Å². The zero-order chi connectivity index (χ0) is 19.5. The van der Waals surface area contributed by atoms with E-state index in [1.807, 2.05) is 13.8 Å². The molecule has 7 nitrogen and oxygen atoms in total. The van der Waals surface area contributed by atoms with Crippen LogP contribution in [0.15, 0.2) is 24.4 Å². The smallest absolute Gasteiger partial charge is 0.245 e. The van der Waals surface area contributed by atoms with Gasteiger partial charge in [-0.05, 0) is 38.0 Å². The number of ether oxygens (including phenoxy) is 1. The van der Waals surface area contributed by atoms with Crippen molar-refractivity contribution in [2.24, 2.45) is 5.92 Å². The predicted molar refractivity (Wildman–Crippen MR) is 93.7 cm³/mol. The Bertz CT molecular complexity index is 842. The largest absolute Gasteiger partial charge is 0.494 e. The third kappa shape index (κ3) is 3.82. The molecule has 0 saturated heterocycles. The molecule has 0 radical (unpaired) electrons. The molecule has 2 unspecified atom stereocenters. The summed E-state index contributed by atoms with van der Waals surface area (Å²) >= 11 is 0. The number of hydrogen-bond donors (Lipinski definition) is 1. The van der Waals surface area contributed by atoms with Crippen LogP contribution in [0.25, 0.3) is 11.3 Å². The van der Waals surface area contributed by atoms with E-state index in [-0.39, 0.29) is 17.6 Å². The van der Waals surface area contributed by atoms with Crippen molar-refractivity contribution in [3.63, 3.8) is 0 Å². The van der Waals surface area contributed by atoms with Gasteiger partial charge in [-0.1, -0.05) is 19.1 Å². The highest BCUT2D eigenvalue weighted by molar-refractivity contribution is 5.81. The van der Waals surface area contributed by atoms with Crippen LogP contribution in [0.4, 0.5) is 4.39 Å². The Kier molecular flexibility index (Phi) is 5.60. The molecule has 2 rings (SSSR count). The molecule has 1 heterocycles. The molecule has 1 aromatic heterocycles. The summed E-state index contributed by atoms with van der Waals surface area (Å²) in [4.78, 5) is 12.5. The minimum atomic E-state index is -0.978. The van der Waals surface area contributed by atoms with E-state index in [1.165, 1.54) is 23.9 Å². The highest BCUT2D eigenvalue weighted by Gasteiger charge is 2.32. The van der Waals surface area contributed by atoms with Crippen molar-refractivity contribution in [3.05, 3.63) is 30.2 Å². The molecule has 0 aliphatic rings. The molecule has 2 aromatic rings. The molecule has 1 aromatic carbocycles. The normalized spacial score (nSPS) is 14.4. The average Bonchev–Trinajstić information content (AvgIpc) is 3.10. The van der Waals surface area contributed by atoms with Gasteiger partial charge in [-0.2, -0.15) is 5.26 Å². The molecule has 1 amide bonds. The maximum Gasteiger partial charge on any atom is 0.245 e. The SMILES string of the molecule is COc1ccc(-c2cn(C(C)C(=O)NC(C)(C#N)C(C)C)nn2)cc1F. The maximum atomic E-state index is 13.9. The van der Waals surface area contributed by atoms with Crippen molar-refractivity contribution in [1.82, 2.24) is 20.3 Å². The van der Waals surface area contributed by atoms with E-state index in [2.05, 4.69) is 21.7 Å². The van der Waals surface area contributed by atoms with Crippen molar-refractivity contribution in [1.29, 1.82) is 5.26 Å². The first-order valence-corrected chi connectivity index (χ1v) is 8.21. The molecular formula is C18H22FN5O2. The Morgan fingerprint density at radius 2 is 2.12 bits per heavy atom. The van der Waals surface area contributed by atoms with Crippen molar-refractivity contribution in [3.8, 4) is 23.1 Å². The second-order valence-electron chi connectivity index (χ2n) is 6.57. The van der Waals surface area contributed by atoms with E-state index < -0.39 is 17.4 Å². The Morgan fingerprint density at radius 3 is 2.65 bits per heavy atom. The molecule has 0 bridgehead atoms. The summed E-state index contributed by atoms with van der Waals surface area (Å²) < 4.78 is 20.1. The van der Waals surface area contributed by atoms with Crippen molar-refractivity contribution in [2.75, 3.05) is 7.11 Å². The van der Waals surface area contributed by atoms with Crippen LogP contribution in [0.1, 0.15) is 33.7 Å². The Labute approximate surface area is 151 Å². The van der Waals surface area contributed by atoms with Crippen molar-refractivity contribution >= 4 is 5.91 Å². The lowest BCUT2D eigenvalue weighted by molar-refractivity contribution is -0.125. The molecule has 0 fully saturated rings. The number of carbonyl (C=O) groups is 1. The third-order valence-electron chi connectivity index (χ3n) is 4.50. The lowest BCUT2D eigenvalue weighted by atomic mass is 9.90. The van der Waals surface area contributed by atoms with E-state index in [4.69, 9.17) is 4.74 Å². The van der Waals surface area contributed by atoms with Crippen LogP contribution in [0.5, 0.6) is 5.75 Å². The first-order chi connectivity index (χ1) is 12.2. The van der Waals surface area contributed by atoms with E-state index >= 15 is 0 Å². The molecule has 1 N–H and O–H groups in total. The van der Waals surface area contributed by atoms with Gasteiger partial charge in [0.25, 0.3) is 0 Å². The van der Waals surface area contributed by atoms with Gasteiger partial charge < -0.3 is 10.1 Å². The Balaban J connectivity index is 2.20. The highest BCUT2D eigenvalue weighted by Crippen LogP contribution is 2.24. The summed E-state index contributed by atoms with van der Waals surface area (Å²) in [7, 11) is 1.39. The Morgan fingerprint density at radius 1 is 1.42 bits per heavy atom. The molecule has 26 heavy (non-hydrogen) atoms. The van der Waals surface area contributed by atoms with Gasteiger partial charge in [-0.25, -0.2) is 9.07 Å². The van der Waals surface area contributed by atoms with Gasteiger partial charge in [0.1, 0.15) is 17.3 Å². The van der Waals surface area contributed by atoms with Crippen molar-refractivity contribution < 1.29 is 13.9 Å². The fourth-order valence-corrected chi connectivity index (χ4v) is 2.21. The van der Waals surface area contributed by atoms with Crippen LogP contribution in [0, 0.1) is 23.1 Å². The van der Waals surface area contributed by atoms with Gasteiger partial charge in [0.15, 0.2) is 11.6 Å².